The number of nitrogens with two attached hydrogens (primary N) is 1. The lowest BCUT2D eigenvalue weighted by Crippen LogP contribution is -2.41. The molecule has 1 aliphatic rings. The first kappa shape index (κ1) is 19.7. The number of benzene rings is 1. The molecule has 0 radical (unpaired) electrons. The van der Waals surface area contributed by atoms with Crippen molar-refractivity contribution in [3.8, 4) is 0 Å². The van der Waals surface area contributed by atoms with Gasteiger partial charge in [0.15, 0.2) is 0 Å². The molecular weight excluding hydrogens is 386 g/mol. The van der Waals surface area contributed by atoms with Crippen molar-refractivity contribution in [1.29, 1.82) is 0 Å². The van der Waals surface area contributed by atoms with Crippen molar-refractivity contribution in [2.45, 2.75) is 26.3 Å². The second-order valence-electron chi connectivity index (χ2n) is 6.70. The van der Waals surface area contributed by atoms with Gasteiger partial charge in [-0.15, -0.1) is 0 Å². The average Bonchev–Trinajstić information content (AvgIpc) is 2.80. The zero-order valence-electron chi connectivity index (χ0n) is 14.8. The Morgan fingerprint density at radius 3 is 2.44 bits per heavy atom. The largest absolute Gasteiger partial charge is 0.449 e. The Labute approximate surface area is 157 Å². The number of nitrogens with zero attached hydrogens (tertiary/aromatic N) is 2. The van der Waals surface area contributed by atoms with Gasteiger partial charge in [0, 0.05) is 30.7 Å². The summed E-state index contributed by atoms with van der Waals surface area (Å²) in [5, 5.41) is 0. The van der Waals surface area contributed by atoms with E-state index in [0.717, 1.165) is 16.5 Å². The van der Waals surface area contributed by atoms with Crippen LogP contribution in [0.1, 0.15) is 31.9 Å². The van der Waals surface area contributed by atoms with Gasteiger partial charge >= 0.3 is 6.09 Å². The van der Waals surface area contributed by atoms with Gasteiger partial charge in [0.1, 0.15) is 6.04 Å². The summed E-state index contributed by atoms with van der Waals surface area (Å²) in [7, 11) is 0. The highest BCUT2D eigenvalue weighted by Crippen LogP contribution is 2.24. The number of primary amides is 1. The van der Waals surface area contributed by atoms with Crippen molar-refractivity contribution in [1.82, 2.24) is 9.80 Å². The Balaban J connectivity index is 2.03. The van der Waals surface area contributed by atoms with E-state index in [-0.39, 0.29) is 12.0 Å². The summed E-state index contributed by atoms with van der Waals surface area (Å²) in [5.74, 6) is -0.0674. The maximum Gasteiger partial charge on any atom is 0.409 e. The summed E-state index contributed by atoms with van der Waals surface area (Å²) in [6.45, 7) is 6.87. The molecule has 1 aromatic rings. The molecule has 1 aliphatic heterocycles. The molecule has 0 spiro atoms. The molecule has 138 valence electrons. The molecule has 0 aromatic heterocycles. The van der Waals surface area contributed by atoms with E-state index < -0.39 is 6.04 Å². The monoisotopic (exact) mass is 411 g/mol. The van der Waals surface area contributed by atoms with E-state index in [1.165, 1.54) is 0 Å². The molecule has 7 heteroatoms. The smallest absolute Gasteiger partial charge is 0.409 e. The first-order valence-electron chi connectivity index (χ1n) is 8.59. The average molecular weight is 412 g/mol. The Kier molecular flexibility index (Phi) is 7.25. The van der Waals surface area contributed by atoms with Crippen molar-refractivity contribution in [3.05, 3.63) is 34.3 Å². The highest BCUT2D eigenvalue weighted by Gasteiger charge is 2.29. The Morgan fingerprint density at radius 1 is 1.16 bits per heavy atom. The van der Waals surface area contributed by atoms with Crippen LogP contribution in [0.25, 0.3) is 0 Å². The summed E-state index contributed by atoms with van der Waals surface area (Å²) < 4.78 is 6.26. The number of hydrogen-bond acceptors (Lipinski definition) is 4. The molecule has 2 amide bonds. The third-order valence-corrected chi connectivity index (χ3v) is 4.68. The molecule has 1 atom stereocenters. The fraction of sp³-hybridized carbons (Fsp3) is 0.556. The van der Waals surface area contributed by atoms with E-state index in [1.54, 1.807) is 4.90 Å². The normalized spacial score (nSPS) is 17.2. The zero-order valence-corrected chi connectivity index (χ0v) is 16.4. The minimum Gasteiger partial charge on any atom is -0.449 e. The van der Waals surface area contributed by atoms with Crippen LogP contribution in [0.2, 0.25) is 0 Å². The highest BCUT2D eigenvalue weighted by molar-refractivity contribution is 9.10. The van der Waals surface area contributed by atoms with Gasteiger partial charge in [-0.2, -0.15) is 0 Å². The third-order valence-electron chi connectivity index (χ3n) is 4.15. The van der Waals surface area contributed by atoms with Crippen LogP contribution in [0.3, 0.4) is 0 Å². The molecule has 2 rings (SSSR count). The zero-order chi connectivity index (χ0) is 18.4. The van der Waals surface area contributed by atoms with Crippen LogP contribution in [0.4, 0.5) is 4.79 Å². The van der Waals surface area contributed by atoms with Gasteiger partial charge in [0.2, 0.25) is 5.91 Å². The molecule has 1 aromatic carbocycles. The van der Waals surface area contributed by atoms with Crippen molar-refractivity contribution in [2.24, 2.45) is 11.7 Å². The number of carbonyl (C=O) groups excluding carboxylic acids is 2. The van der Waals surface area contributed by atoms with E-state index in [2.05, 4.69) is 15.9 Å². The summed E-state index contributed by atoms with van der Waals surface area (Å²) in [5.41, 5.74) is 6.53. The van der Waals surface area contributed by atoms with Gasteiger partial charge in [0.05, 0.1) is 6.61 Å². The Morgan fingerprint density at radius 2 is 1.84 bits per heavy atom. The molecule has 2 N–H and O–H groups in total. The maximum absolute atomic E-state index is 12.2. The fourth-order valence-corrected chi connectivity index (χ4v) is 3.17. The maximum atomic E-state index is 12.2. The Hall–Kier alpha value is -1.60. The second-order valence-corrected chi connectivity index (χ2v) is 7.62. The second kappa shape index (κ2) is 9.20. The van der Waals surface area contributed by atoms with E-state index >= 15 is 0 Å². The van der Waals surface area contributed by atoms with Crippen LogP contribution in [-0.4, -0.2) is 54.6 Å². The van der Waals surface area contributed by atoms with Crippen molar-refractivity contribution in [3.63, 3.8) is 0 Å². The molecule has 0 saturated carbocycles. The predicted octanol–water partition coefficient (Wildman–Crippen LogP) is 2.78. The molecule has 1 heterocycles. The molecule has 25 heavy (non-hydrogen) atoms. The SMILES string of the molecule is CC(C)COC(=O)N1CCCN(C(C(N)=O)c2ccc(Br)cc2)CC1. The molecule has 1 unspecified atom stereocenters. The first-order valence-corrected chi connectivity index (χ1v) is 9.38. The van der Waals surface area contributed by atoms with Gasteiger partial charge in [0.25, 0.3) is 0 Å². The standard InChI is InChI=1S/C18H26BrN3O3/c1-13(2)12-25-18(24)22-9-3-8-21(10-11-22)16(17(20)23)14-4-6-15(19)7-5-14/h4-7,13,16H,3,8-12H2,1-2H3,(H2,20,23). The number of halogens is 1. The van der Waals surface area contributed by atoms with Crippen molar-refractivity contribution in [2.75, 3.05) is 32.8 Å². The van der Waals surface area contributed by atoms with Gasteiger partial charge in [-0.3, -0.25) is 9.69 Å². The van der Waals surface area contributed by atoms with E-state index in [4.69, 9.17) is 10.5 Å². The number of ether oxygens (including phenoxy) is 1. The molecule has 0 bridgehead atoms. The van der Waals surface area contributed by atoms with Crippen LogP contribution >= 0.6 is 15.9 Å². The van der Waals surface area contributed by atoms with E-state index in [9.17, 15) is 9.59 Å². The highest BCUT2D eigenvalue weighted by atomic mass is 79.9. The van der Waals surface area contributed by atoms with Crippen LogP contribution < -0.4 is 5.73 Å². The lowest BCUT2D eigenvalue weighted by Gasteiger charge is -2.28. The molecule has 1 saturated heterocycles. The summed E-state index contributed by atoms with van der Waals surface area (Å²) in [6.07, 6.45) is 0.492. The van der Waals surface area contributed by atoms with Gasteiger partial charge in [-0.05, 0) is 30.0 Å². The number of rotatable bonds is 5. The lowest BCUT2D eigenvalue weighted by molar-refractivity contribution is -0.123. The predicted molar refractivity (Wildman–Crippen MR) is 100 cm³/mol. The van der Waals surface area contributed by atoms with Crippen LogP contribution in [-0.2, 0) is 9.53 Å². The van der Waals surface area contributed by atoms with E-state index in [0.29, 0.717) is 38.7 Å². The van der Waals surface area contributed by atoms with Crippen LogP contribution in [0.15, 0.2) is 28.7 Å². The van der Waals surface area contributed by atoms with Gasteiger partial charge in [-0.1, -0.05) is 41.9 Å². The third kappa shape index (κ3) is 5.71. The quantitative estimate of drug-likeness (QED) is 0.807. The topological polar surface area (TPSA) is 75.9 Å². The summed E-state index contributed by atoms with van der Waals surface area (Å²) in [6, 6.07) is 7.12. The fourth-order valence-electron chi connectivity index (χ4n) is 2.91. The molecule has 6 nitrogen and oxygen atoms in total. The van der Waals surface area contributed by atoms with E-state index in [1.807, 2.05) is 43.0 Å². The summed E-state index contributed by atoms with van der Waals surface area (Å²) >= 11 is 3.40. The number of carbonyl (C=O) groups is 2. The number of amides is 2. The molecular formula is C18H26BrN3O3. The first-order chi connectivity index (χ1) is 11.9. The molecule has 1 fully saturated rings. The van der Waals surface area contributed by atoms with Gasteiger partial charge < -0.3 is 15.4 Å². The van der Waals surface area contributed by atoms with Crippen molar-refractivity contribution >= 4 is 27.9 Å². The number of hydrogen-bond donors (Lipinski definition) is 1. The van der Waals surface area contributed by atoms with Gasteiger partial charge in [-0.25, -0.2) is 4.79 Å². The minimum absolute atomic E-state index is 0.283. The lowest BCUT2D eigenvalue weighted by atomic mass is 10.0. The Bertz CT molecular complexity index is 592. The molecule has 0 aliphatic carbocycles. The van der Waals surface area contributed by atoms with Crippen molar-refractivity contribution < 1.29 is 14.3 Å². The minimum atomic E-state index is -0.486. The van der Waals surface area contributed by atoms with Crippen LogP contribution in [0, 0.1) is 5.92 Å². The summed E-state index contributed by atoms with van der Waals surface area (Å²) in [4.78, 5) is 28.0. The van der Waals surface area contributed by atoms with Crippen LogP contribution in [0.5, 0.6) is 0 Å².